The summed E-state index contributed by atoms with van der Waals surface area (Å²) in [5, 5.41) is 1.72. The maximum absolute atomic E-state index is 6.18. The van der Waals surface area contributed by atoms with Crippen LogP contribution in [0.5, 0.6) is 0 Å². The molecule has 21 heavy (non-hydrogen) atoms. The van der Waals surface area contributed by atoms with Crippen LogP contribution in [-0.4, -0.2) is 9.97 Å². The van der Waals surface area contributed by atoms with Crippen molar-refractivity contribution in [1.82, 2.24) is 15.4 Å². The van der Waals surface area contributed by atoms with E-state index >= 15 is 0 Å². The van der Waals surface area contributed by atoms with Gasteiger partial charge >= 0.3 is 0 Å². The van der Waals surface area contributed by atoms with Gasteiger partial charge in [-0.2, -0.15) is 0 Å². The molecule has 0 amide bonds. The largest absolute Gasteiger partial charge is 0.271 e. The van der Waals surface area contributed by atoms with Crippen molar-refractivity contribution in [2.45, 2.75) is 12.5 Å². The van der Waals surface area contributed by atoms with Gasteiger partial charge in [-0.3, -0.25) is 21.2 Å². The molecule has 0 radical (unpaired) electrons. The zero-order valence-corrected chi connectivity index (χ0v) is 12.1. The highest BCUT2D eigenvalue weighted by Gasteiger charge is 2.16. The minimum absolute atomic E-state index is 0.174. The van der Waals surface area contributed by atoms with Crippen LogP contribution in [0.25, 0.3) is 10.9 Å². The molecule has 0 spiro atoms. The maximum Gasteiger partial charge on any atom is 0.0776 e. The first kappa shape index (κ1) is 13.9. The minimum Gasteiger partial charge on any atom is -0.271 e. The van der Waals surface area contributed by atoms with E-state index in [0.29, 0.717) is 11.4 Å². The summed E-state index contributed by atoms with van der Waals surface area (Å²) in [6.07, 6.45) is 2.33. The number of halogens is 1. The van der Waals surface area contributed by atoms with E-state index in [-0.39, 0.29) is 6.04 Å². The summed E-state index contributed by atoms with van der Waals surface area (Å²) in [6, 6.07) is 15.5. The van der Waals surface area contributed by atoms with Gasteiger partial charge < -0.3 is 0 Å². The van der Waals surface area contributed by atoms with Crippen LogP contribution in [0.3, 0.4) is 0 Å². The standard InChI is InChI=1S/C16H15ClN4/c17-13-5-3-9-19-16(13)15(21-18)10-12-8-7-11-4-1-2-6-14(11)20-12/h1-9,15,21H,10,18H2. The Balaban J connectivity index is 1.90. The topological polar surface area (TPSA) is 63.8 Å². The number of benzene rings is 1. The number of nitrogens with zero attached hydrogens (tertiary/aromatic N) is 2. The van der Waals surface area contributed by atoms with Gasteiger partial charge in [0.05, 0.1) is 22.3 Å². The highest BCUT2D eigenvalue weighted by atomic mass is 35.5. The van der Waals surface area contributed by atoms with E-state index in [1.54, 1.807) is 12.3 Å². The third kappa shape index (κ3) is 3.03. The molecule has 2 aromatic heterocycles. The Hall–Kier alpha value is -2.01. The van der Waals surface area contributed by atoms with E-state index in [1.807, 2.05) is 36.4 Å². The van der Waals surface area contributed by atoms with Crippen molar-refractivity contribution < 1.29 is 0 Å². The number of rotatable bonds is 4. The lowest BCUT2D eigenvalue weighted by Gasteiger charge is -2.16. The number of fused-ring (bicyclic) bond motifs is 1. The first-order chi connectivity index (χ1) is 10.3. The highest BCUT2D eigenvalue weighted by Crippen LogP contribution is 2.23. The first-order valence-corrected chi connectivity index (χ1v) is 7.07. The molecule has 1 unspecified atom stereocenters. The van der Waals surface area contributed by atoms with E-state index < -0.39 is 0 Å². The zero-order valence-electron chi connectivity index (χ0n) is 11.3. The average Bonchev–Trinajstić information content (AvgIpc) is 2.53. The highest BCUT2D eigenvalue weighted by molar-refractivity contribution is 6.31. The Morgan fingerprint density at radius 3 is 2.76 bits per heavy atom. The van der Waals surface area contributed by atoms with Gasteiger partial charge in [0.25, 0.3) is 0 Å². The van der Waals surface area contributed by atoms with Crippen LogP contribution in [0, 0.1) is 0 Å². The van der Waals surface area contributed by atoms with Gasteiger partial charge in [-0.25, -0.2) is 0 Å². The van der Waals surface area contributed by atoms with Crippen molar-refractivity contribution in [2.75, 3.05) is 0 Å². The fourth-order valence-corrected chi connectivity index (χ4v) is 2.57. The van der Waals surface area contributed by atoms with Gasteiger partial charge in [-0.05, 0) is 24.3 Å². The number of para-hydroxylation sites is 1. The number of nitrogens with one attached hydrogen (secondary N) is 1. The minimum atomic E-state index is -0.174. The molecule has 0 fully saturated rings. The molecule has 4 nitrogen and oxygen atoms in total. The van der Waals surface area contributed by atoms with E-state index in [0.717, 1.165) is 22.3 Å². The normalized spacial score (nSPS) is 12.5. The molecule has 5 heteroatoms. The molecule has 1 aromatic carbocycles. The summed E-state index contributed by atoms with van der Waals surface area (Å²) in [6.45, 7) is 0. The molecule has 0 saturated heterocycles. The van der Waals surface area contributed by atoms with E-state index in [4.69, 9.17) is 17.4 Å². The maximum atomic E-state index is 6.18. The number of hydrazine groups is 1. The second-order valence-corrected chi connectivity index (χ2v) is 5.20. The fraction of sp³-hybridized carbons (Fsp3) is 0.125. The lowest BCUT2D eigenvalue weighted by atomic mass is 10.1. The van der Waals surface area contributed by atoms with Gasteiger partial charge in [-0.15, -0.1) is 0 Å². The molecule has 0 saturated carbocycles. The van der Waals surface area contributed by atoms with Gasteiger partial charge in [-0.1, -0.05) is 35.9 Å². The van der Waals surface area contributed by atoms with Gasteiger partial charge in [0.1, 0.15) is 0 Å². The average molecular weight is 299 g/mol. The fourth-order valence-electron chi connectivity index (χ4n) is 2.32. The van der Waals surface area contributed by atoms with Gasteiger partial charge in [0, 0.05) is 23.7 Å². The Bertz CT molecular complexity index is 760. The first-order valence-electron chi connectivity index (χ1n) is 6.69. The molecule has 2 heterocycles. The molecule has 0 aliphatic rings. The summed E-state index contributed by atoms with van der Waals surface area (Å²) in [7, 11) is 0. The van der Waals surface area contributed by atoms with E-state index in [9.17, 15) is 0 Å². The summed E-state index contributed by atoms with van der Waals surface area (Å²) >= 11 is 6.18. The lowest BCUT2D eigenvalue weighted by Crippen LogP contribution is -2.30. The quantitative estimate of drug-likeness (QED) is 0.574. The summed E-state index contributed by atoms with van der Waals surface area (Å²) < 4.78 is 0. The van der Waals surface area contributed by atoms with Crippen LogP contribution in [0.4, 0.5) is 0 Å². The monoisotopic (exact) mass is 298 g/mol. The van der Waals surface area contributed by atoms with Crippen LogP contribution in [0.1, 0.15) is 17.4 Å². The predicted molar refractivity (Wildman–Crippen MR) is 84.8 cm³/mol. The van der Waals surface area contributed by atoms with Crippen molar-refractivity contribution in [3.63, 3.8) is 0 Å². The van der Waals surface area contributed by atoms with Crippen molar-refractivity contribution in [3.05, 3.63) is 71.1 Å². The second kappa shape index (κ2) is 6.18. The number of nitrogens with two attached hydrogens (primary N) is 1. The molecular formula is C16H15ClN4. The van der Waals surface area contributed by atoms with Gasteiger partial charge in [0.15, 0.2) is 0 Å². The summed E-state index contributed by atoms with van der Waals surface area (Å²) in [5.41, 5.74) is 5.41. The molecule has 1 atom stereocenters. The smallest absolute Gasteiger partial charge is 0.0776 e. The van der Waals surface area contributed by atoms with Crippen molar-refractivity contribution in [1.29, 1.82) is 0 Å². The van der Waals surface area contributed by atoms with Crippen molar-refractivity contribution >= 4 is 22.5 Å². The van der Waals surface area contributed by atoms with Crippen LogP contribution in [-0.2, 0) is 6.42 Å². The third-order valence-electron chi connectivity index (χ3n) is 3.39. The lowest BCUT2D eigenvalue weighted by molar-refractivity contribution is 0.533. The second-order valence-electron chi connectivity index (χ2n) is 4.79. The Morgan fingerprint density at radius 1 is 1.10 bits per heavy atom. The Morgan fingerprint density at radius 2 is 1.95 bits per heavy atom. The van der Waals surface area contributed by atoms with E-state index in [1.165, 1.54) is 0 Å². The Labute approximate surface area is 128 Å². The molecule has 0 aliphatic heterocycles. The molecule has 3 N–H and O–H groups in total. The van der Waals surface area contributed by atoms with Crippen LogP contribution < -0.4 is 11.3 Å². The van der Waals surface area contributed by atoms with Crippen LogP contribution >= 0.6 is 11.6 Å². The Kier molecular flexibility index (Phi) is 4.10. The number of pyridine rings is 2. The van der Waals surface area contributed by atoms with Gasteiger partial charge in [0.2, 0.25) is 0 Å². The van der Waals surface area contributed by atoms with Crippen molar-refractivity contribution in [2.24, 2.45) is 5.84 Å². The summed E-state index contributed by atoms with van der Waals surface area (Å²) in [5.74, 6) is 5.66. The van der Waals surface area contributed by atoms with Crippen LogP contribution in [0.15, 0.2) is 54.7 Å². The molecular weight excluding hydrogens is 284 g/mol. The molecule has 0 aliphatic carbocycles. The third-order valence-corrected chi connectivity index (χ3v) is 3.71. The predicted octanol–water partition coefficient (Wildman–Crippen LogP) is 3.03. The van der Waals surface area contributed by atoms with Crippen LogP contribution in [0.2, 0.25) is 5.02 Å². The number of aromatic nitrogens is 2. The van der Waals surface area contributed by atoms with E-state index in [2.05, 4.69) is 21.5 Å². The zero-order chi connectivity index (χ0) is 14.7. The molecule has 3 rings (SSSR count). The SMILES string of the molecule is NNC(Cc1ccc2ccccc2n1)c1ncccc1Cl. The number of hydrogen-bond acceptors (Lipinski definition) is 4. The van der Waals surface area contributed by atoms with Crippen molar-refractivity contribution in [3.8, 4) is 0 Å². The molecule has 0 bridgehead atoms. The number of hydrogen-bond donors (Lipinski definition) is 2. The molecule has 3 aromatic rings. The molecule has 106 valence electrons. The summed E-state index contributed by atoms with van der Waals surface area (Å²) in [4.78, 5) is 8.96.